The molecule has 1 aromatic rings. The van der Waals surface area contributed by atoms with Crippen molar-refractivity contribution in [2.75, 3.05) is 7.11 Å². The normalized spacial score (nSPS) is 12.2. The summed E-state index contributed by atoms with van der Waals surface area (Å²) in [6, 6.07) is 3.54. The van der Waals surface area contributed by atoms with E-state index in [9.17, 15) is 9.90 Å². The molecule has 1 aromatic carbocycles. The topological polar surface area (TPSA) is 66.8 Å². The summed E-state index contributed by atoms with van der Waals surface area (Å²) in [5, 5.41) is 18.7. The van der Waals surface area contributed by atoms with Crippen molar-refractivity contribution in [3.05, 3.63) is 23.3 Å². The van der Waals surface area contributed by atoms with E-state index in [4.69, 9.17) is 9.84 Å². The third kappa shape index (κ3) is 2.45. The number of methoxy groups -OCH3 is 1. The molecule has 0 saturated carbocycles. The van der Waals surface area contributed by atoms with Gasteiger partial charge in [-0.05, 0) is 24.5 Å². The number of rotatable bonds is 4. The number of carboxylic acids is 1. The highest BCUT2D eigenvalue weighted by atomic mass is 16.5. The molecular weight excluding hydrogens is 208 g/mol. The van der Waals surface area contributed by atoms with Crippen molar-refractivity contribution in [1.29, 1.82) is 0 Å². The second-order valence-corrected chi connectivity index (χ2v) is 3.87. The molecule has 0 aliphatic carbocycles. The van der Waals surface area contributed by atoms with Gasteiger partial charge in [0.2, 0.25) is 0 Å². The van der Waals surface area contributed by atoms with E-state index in [0.717, 1.165) is 5.56 Å². The first-order valence-electron chi connectivity index (χ1n) is 5.05. The van der Waals surface area contributed by atoms with Gasteiger partial charge in [-0.3, -0.25) is 4.79 Å². The Morgan fingerprint density at radius 1 is 1.50 bits per heavy atom. The predicted molar refractivity (Wildman–Crippen MR) is 59.9 cm³/mol. The molecule has 16 heavy (non-hydrogen) atoms. The van der Waals surface area contributed by atoms with Crippen LogP contribution in [0.25, 0.3) is 0 Å². The molecule has 0 aliphatic rings. The Morgan fingerprint density at radius 2 is 2.12 bits per heavy atom. The summed E-state index contributed by atoms with van der Waals surface area (Å²) in [6.45, 7) is 3.43. The molecule has 0 amide bonds. The Balaban J connectivity index is 3.02. The van der Waals surface area contributed by atoms with E-state index in [0.29, 0.717) is 11.3 Å². The molecule has 1 rings (SSSR count). The van der Waals surface area contributed by atoms with Crippen LogP contribution in [0.3, 0.4) is 0 Å². The maximum absolute atomic E-state index is 10.7. The second-order valence-electron chi connectivity index (χ2n) is 3.87. The Labute approximate surface area is 94.5 Å². The molecule has 0 fully saturated rings. The van der Waals surface area contributed by atoms with Crippen LogP contribution >= 0.6 is 0 Å². The molecule has 2 N–H and O–H groups in total. The number of ether oxygens (including phenoxy) is 1. The van der Waals surface area contributed by atoms with Gasteiger partial charge < -0.3 is 14.9 Å². The van der Waals surface area contributed by atoms with Crippen LogP contribution in [0.1, 0.15) is 18.1 Å². The molecule has 0 spiro atoms. The molecule has 0 heterocycles. The maximum Gasteiger partial charge on any atom is 0.306 e. The first-order chi connectivity index (χ1) is 7.47. The number of aryl methyl sites for hydroxylation is 1. The highest BCUT2D eigenvalue weighted by molar-refractivity contribution is 5.70. The average Bonchev–Trinajstić information content (AvgIpc) is 2.22. The molecular formula is C12H16O4. The van der Waals surface area contributed by atoms with Crippen LogP contribution in [0.5, 0.6) is 11.5 Å². The van der Waals surface area contributed by atoms with Gasteiger partial charge in [-0.15, -0.1) is 0 Å². The van der Waals surface area contributed by atoms with Crippen LogP contribution in [0.15, 0.2) is 12.1 Å². The number of hydrogen-bond donors (Lipinski definition) is 2. The van der Waals surface area contributed by atoms with Crippen molar-refractivity contribution in [2.45, 2.75) is 20.3 Å². The first-order valence-corrected chi connectivity index (χ1v) is 5.05. The van der Waals surface area contributed by atoms with Gasteiger partial charge in [-0.25, -0.2) is 0 Å². The molecule has 88 valence electrons. The van der Waals surface area contributed by atoms with Crippen molar-refractivity contribution in [2.24, 2.45) is 5.92 Å². The van der Waals surface area contributed by atoms with Crippen LogP contribution < -0.4 is 4.74 Å². The molecule has 4 heteroatoms. The Kier molecular flexibility index (Phi) is 3.77. The molecule has 0 saturated heterocycles. The van der Waals surface area contributed by atoms with Crippen LogP contribution in [-0.4, -0.2) is 23.3 Å². The molecule has 1 unspecified atom stereocenters. The van der Waals surface area contributed by atoms with E-state index >= 15 is 0 Å². The third-order valence-electron chi connectivity index (χ3n) is 2.56. The number of aliphatic carboxylic acids is 1. The lowest BCUT2D eigenvalue weighted by molar-refractivity contribution is -0.141. The van der Waals surface area contributed by atoms with Crippen LogP contribution in [0, 0.1) is 12.8 Å². The molecule has 0 aromatic heterocycles. The summed E-state index contributed by atoms with van der Waals surface area (Å²) in [5.74, 6) is -0.956. The summed E-state index contributed by atoms with van der Waals surface area (Å²) in [5.41, 5.74) is 1.42. The van der Waals surface area contributed by atoms with E-state index in [2.05, 4.69) is 0 Å². The molecule has 0 bridgehead atoms. The Hall–Kier alpha value is -1.71. The fourth-order valence-electron chi connectivity index (χ4n) is 1.55. The van der Waals surface area contributed by atoms with Gasteiger partial charge in [0, 0.05) is 0 Å². The zero-order valence-electron chi connectivity index (χ0n) is 9.65. The molecule has 1 atom stereocenters. The number of aromatic hydroxyl groups is 1. The number of carboxylic acid groups (broad SMARTS) is 1. The van der Waals surface area contributed by atoms with Gasteiger partial charge in [0.1, 0.15) is 0 Å². The minimum absolute atomic E-state index is 0.0376. The summed E-state index contributed by atoms with van der Waals surface area (Å²) in [7, 11) is 1.48. The quantitative estimate of drug-likeness (QED) is 0.820. The van der Waals surface area contributed by atoms with Gasteiger partial charge in [-0.2, -0.15) is 0 Å². The van der Waals surface area contributed by atoms with Gasteiger partial charge in [0.15, 0.2) is 11.5 Å². The highest BCUT2D eigenvalue weighted by Crippen LogP contribution is 2.34. The van der Waals surface area contributed by atoms with Crippen molar-refractivity contribution in [3.8, 4) is 11.5 Å². The lowest BCUT2D eigenvalue weighted by atomic mass is 9.99. The smallest absolute Gasteiger partial charge is 0.306 e. The molecule has 4 nitrogen and oxygen atoms in total. The average molecular weight is 224 g/mol. The van der Waals surface area contributed by atoms with Crippen molar-refractivity contribution < 1.29 is 19.7 Å². The molecule has 0 radical (unpaired) electrons. The minimum Gasteiger partial charge on any atom is -0.504 e. The zero-order chi connectivity index (χ0) is 12.3. The largest absolute Gasteiger partial charge is 0.504 e. The number of benzene rings is 1. The van der Waals surface area contributed by atoms with Gasteiger partial charge in [-0.1, -0.05) is 19.1 Å². The lowest BCUT2D eigenvalue weighted by Gasteiger charge is -2.13. The van der Waals surface area contributed by atoms with Crippen molar-refractivity contribution in [1.82, 2.24) is 0 Å². The number of hydrogen-bond acceptors (Lipinski definition) is 3. The fraction of sp³-hybridized carbons (Fsp3) is 0.417. The summed E-state index contributed by atoms with van der Waals surface area (Å²) >= 11 is 0. The number of phenolic OH excluding ortho intramolecular Hbond substituents is 1. The van der Waals surface area contributed by atoms with E-state index < -0.39 is 11.9 Å². The van der Waals surface area contributed by atoms with Crippen molar-refractivity contribution >= 4 is 5.97 Å². The number of carbonyl (C=O) groups is 1. The van der Waals surface area contributed by atoms with E-state index in [-0.39, 0.29) is 12.2 Å². The van der Waals surface area contributed by atoms with E-state index in [1.165, 1.54) is 7.11 Å². The van der Waals surface area contributed by atoms with Crippen LogP contribution in [-0.2, 0) is 11.2 Å². The standard InChI is InChI=1S/C12H16O4/c1-7-4-5-9(6-8(2)12(14)15)10(13)11(7)16-3/h4-5,8,13H,6H2,1-3H3,(H,14,15). The van der Waals surface area contributed by atoms with E-state index in [1.54, 1.807) is 13.0 Å². The summed E-state index contributed by atoms with van der Waals surface area (Å²) < 4.78 is 5.06. The second kappa shape index (κ2) is 4.88. The van der Waals surface area contributed by atoms with Gasteiger partial charge >= 0.3 is 5.97 Å². The zero-order valence-corrected chi connectivity index (χ0v) is 9.65. The SMILES string of the molecule is COc1c(C)ccc(CC(C)C(=O)O)c1O. The highest BCUT2D eigenvalue weighted by Gasteiger charge is 2.17. The summed E-state index contributed by atoms with van der Waals surface area (Å²) in [6.07, 6.45) is 0.289. The maximum atomic E-state index is 10.7. The lowest BCUT2D eigenvalue weighted by Crippen LogP contribution is -2.12. The van der Waals surface area contributed by atoms with E-state index in [1.807, 2.05) is 13.0 Å². The molecule has 0 aliphatic heterocycles. The number of phenols is 1. The monoisotopic (exact) mass is 224 g/mol. The first kappa shape index (κ1) is 12.4. The van der Waals surface area contributed by atoms with Crippen molar-refractivity contribution in [3.63, 3.8) is 0 Å². The predicted octanol–water partition coefficient (Wildman–Crippen LogP) is 1.97. The fourth-order valence-corrected chi connectivity index (χ4v) is 1.55. The third-order valence-corrected chi connectivity index (χ3v) is 2.56. The van der Waals surface area contributed by atoms with Crippen LogP contribution in [0.4, 0.5) is 0 Å². The minimum atomic E-state index is -0.876. The summed E-state index contributed by atoms with van der Waals surface area (Å²) in [4.78, 5) is 10.7. The Morgan fingerprint density at radius 3 is 2.62 bits per heavy atom. The Bertz CT molecular complexity index is 398. The van der Waals surface area contributed by atoms with Gasteiger partial charge in [0.25, 0.3) is 0 Å². The van der Waals surface area contributed by atoms with Crippen LogP contribution in [0.2, 0.25) is 0 Å². The van der Waals surface area contributed by atoms with Gasteiger partial charge in [0.05, 0.1) is 13.0 Å².